The van der Waals surface area contributed by atoms with Gasteiger partial charge in [0.15, 0.2) is 0 Å². The van der Waals surface area contributed by atoms with E-state index < -0.39 is 16.3 Å². The highest BCUT2D eigenvalue weighted by Gasteiger charge is 2.66. The molecule has 2 fully saturated rings. The molecule has 1 amide bonds. The van der Waals surface area contributed by atoms with Gasteiger partial charge in [0.2, 0.25) is 0 Å². The maximum Gasteiger partial charge on any atom is 0.407 e. The smallest absolute Gasteiger partial charge is 0.407 e. The molecule has 0 radical (unpaired) electrons. The molecule has 1 aromatic rings. The first kappa shape index (κ1) is 15.3. The first-order valence-corrected chi connectivity index (χ1v) is 8.46. The van der Waals surface area contributed by atoms with Crippen molar-refractivity contribution in [2.75, 3.05) is 19.6 Å². The second-order valence-corrected chi connectivity index (χ2v) is 9.04. The van der Waals surface area contributed by atoms with Crippen molar-refractivity contribution >= 4 is 16.3 Å². The number of carbonyl (C=O) groups is 1. The SMILES string of the molecule is CC(C)(C)C1N(C(=O)O)CC12CN(S(=O)(=O)n1ccnc1)C2. The fourth-order valence-corrected chi connectivity index (χ4v) is 5.40. The van der Waals surface area contributed by atoms with Crippen LogP contribution in [0.15, 0.2) is 18.7 Å². The Kier molecular flexibility index (Phi) is 3.09. The Labute approximate surface area is 129 Å². The second kappa shape index (κ2) is 4.45. The topological polar surface area (TPSA) is 95.7 Å². The molecule has 0 saturated carbocycles. The molecule has 2 saturated heterocycles. The number of amides is 1. The molecule has 0 aromatic carbocycles. The maximum absolute atomic E-state index is 12.4. The van der Waals surface area contributed by atoms with Crippen LogP contribution in [0.5, 0.6) is 0 Å². The van der Waals surface area contributed by atoms with Crippen molar-refractivity contribution in [2.45, 2.75) is 26.8 Å². The number of nitrogens with zero attached hydrogens (tertiary/aromatic N) is 4. The molecule has 1 spiro atoms. The van der Waals surface area contributed by atoms with Gasteiger partial charge in [-0.3, -0.25) is 0 Å². The lowest BCUT2D eigenvalue weighted by atomic mass is 9.59. The van der Waals surface area contributed by atoms with Gasteiger partial charge in [-0.1, -0.05) is 20.8 Å². The van der Waals surface area contributed by atoms with E-state index in [4.69, 9.17) is 0 Å². The Morgan fingerprint density at radius 3 is 2.41 bits per heavy atom. The molecular formula is C13H20N4O4S. The van der Waals surface area contributed by atoms with E-state index >= 15 is 0 Å². The molecule has 1 unspecified atom stereocenters. The standard InChI is InChI=1S/C13H20N4O4S/c1-12(2,3)10-13(8-17(10)11(18)19)6-16(7-13)22(20,21)15-5-4-14-9-15/h4-5,9-10H,6-8H2,1-3H3,(H,18,19). The third-order valence-electron chi connectivity index (χ3n) is 4.50. The number of hydrogen-bond donors (Lipinski definition) is 1. The van der Waals surface area contributed by atoms with E-state index in [0.717, 1.165) is 3.97 Å². The van der Waals surface area contributed by atoms with Gasteiger partial charge in [-0.2, -0.15) is 12.7 Å². The summed E-state index contributed by atoms with van der Waals surface area (Å²) >= 11 is 0. The molecule has 2 aliphatic rings. The molecular weight excluding hydrogens is 308 g/mol. The van der Waals surface area contributed by atoms with E-state index in [0.29, 0.717) is 19.6 Å². The van der Waals surface area contributed by atoms with Gasteiger partial charge in [-0.25, -0.2) is 13.8 Å². The first-order valence-electron chi connectivity index (χ1n) is 7.06. The Morgan fingerprint density at radius 1 is 1.32 bits per heavy atom. The maximum atomic E-state index is 12.4. The predicted octanol–water partition coefficient (Wildman–Crippen LogP) is 0.686. The van der Waals surface area contributed by atoms with Gasteiger partial charge < -0.3 is 10.0 Å². The predicted molar refractivity (Wildman–Crippen MR) is 78.5 cm³/mol. The van der Waals surface area contributed by atoms with Crippen molar-refractivity contribution in [1.29, 1.82) is 0 Å². The van der Waals surface area contributed by atoms with E-state index in [1.807, 2.05) is 20.8 Å². The lowest BCUT2D eigenvalue weighted by Gasteiger charge is -2.67. The van der Waals surface area contributed by atoms with E-state index in [2.05, 4.69) is 4.98 Å². The second-order valence-electron chi connectivity index (χ2n) is 7.21. The fraction of sp³-hybridized carbons (Fsp3) is 0.692. The number of imidazole rings is 1. The minimum absolute atomic E-state index is 0.174. The van der Waals surface area contributed by atoms with Crippen molar-refractivity contribution in [3.8, 4) is 0 Å². The molecule has 22 heavy (non-hydrogen) atoms. The Morgan fingerprint density at radius 2 is 1.95 bits per heavy atom. The zero-order chi connectivity index (χ0) is 16.3. The molecule has 8 nitrogen and oxygen atoms in total. The Balaban J connectivity index is 1.79. The van der Waals surface area contributed by atoms with Crippen LogP contribution >= 0.6 is 0 Å². The minimum Gasteiger partial charge on any atom is -0.465 e. The van der Waals surface area contributed by atoms with Crippen LogP contribution in [0.2, 0.25) is 0 Å². The molecule has 3 heterocycles. The summed E-state index contributed by atoms with van der Waals surface area (Å²) in [6.07, 6.45) is 3.12. The number of rotatable bonds is 2. The molecule has 3 rings (SSSR count). The molecule has 122 valence electrons. The quantitative estimate of drug-likeness (QED) is 0.861. The van der Waals surface area contributed by atoms with Crippen molar-refractivity contribution in [1.82, 2.24) is 18.2 Å². The molecule has 1 N–H and O–H groups in total. The average molecular weight is 328 g/mol. The Bertz CT molecular complexity index is 686. The molecule has 0 bridgehead atoms. The summed E-state index contributed by atoms with van der Waals surface area (Å²) in [5, 5.41) is 9.28. The van der Waals surface area contributed by atoms with Gasteiger partial charge in [0.05, 0.1) is 0 Å². The zero-order valence-electron chi connectivity index (χ0n) is 12.8. The van der Waals surface area contributed by atoms with Crippen LogP contribution in [-0.4, -0.2) is 63.5 Å². The zero-order valence-corrected chi connectivity index (χ0v) is 13.6. The van der Waals surface area contributed by atoms with Crippen LogP contribution in [0.1, 0.15) is 20.8 Å². The molecule has 0 aliphatic carbocycles. The number of likely N-dealkylation sites (tertiary alicyclic amines) is 1. The van der Waals surface area contributed by atoms with Gasteiger partial charge in [-0.15, -0.1) is 0 Å². The molecule has 2 aliphatic heterocycles. The summed E-state index contributed by atoms with van der Waals surface area (Å²) in [5.74, 6) is 0. The lowest BCUT2D eigenvalue weighted by Crippen LogP contribution is -2.81. The highest BCUT2D eigenvalue weighted by atomic mass is 32.2. The van der Waals surface area contributed by atoms with Crippen molar-refractivity contribution in [3.05, 3.63) is 18.7 Å². The summed E-state index contributed by atoms with van der Waals surface area (Å²) in [5.41, 5.74) is -0.508. The first-order chi connectivity index (χ1) is 10.1. The van der Waals surface area contributed by atoms with Crippen molar-refractivity contribution < 1.29 is 18.3 Å². The highest BCUT2D eigenvalue weighted by molar-refractivity contribution is 7.87. The molecule has 9 heteroatoms. The van der Waals surface area contributed by atoms with Crippen molar-refractivity contribution in [2.24, 2.45) is 10.8 Å². The Hall–Kier alpha value is -1.61. The van der Waals surface area contributed by atoms with Crippen molar-refractivity contribution in [3.63, 3.8) is 0 Å². The van der Waals surface area contributed by atoms with Gasteiger partial charge in [-0.05, 0) is 5.41 Å². The number of hydrogen-bond acceptors (Lipinski definition) is 4. The third-order valence-corrected chi connectivity index (χ3v) is 6.16. The molecule has 1 aromatic heterocycles. The van der Waals surface area contributed by atoms with E-state index in [1.54, 1.807) is 0 Å². The summed E-state index contributed by atoms with van der Waals surface area (Å²) in [7, 11) is -3.59. The normalized spacial score (nSPS) is 24.9. The minimum atomic E-state index is -3.59. The van der Waals surface area contributed by atoms with Crippen LogP contribution in [-0.2, 0) is 10.2 Å². The summed E-state index contributed by atoms with van der Waals surface area (Å²) in [4.78, 5) is 16.5. The summed E-state index contributed by atoms with van der Waals surface area (Å²) in [6, 6.07) is -0.174. The van der Waals surface area contributed by atoms with Crippen LogP contribution < -0.4 is 0 Å². The van der Waals surface area contributed by atoms with Crippen LogP contribution in [0.25, 0.3) is 0 Å². The monoisotopic (exact) mass is 328 g/mol. The van der Waals surface area contributed by atoms with E-state index in [9.17, 15) is 18.3 Å². The molecule has 1 atom stereocenters. The lowest BCUT2D eigenvalue weighted by molar-refractivity contribution is -0.161. The number of carboxylic acid groups (broad SMARTS) is 1. The van der Waals surface area contributed by atoms with E-state index in [1.165, 1.54) is 27.9 Å². The van der Waals surface area contributed by atoms with Gasteiger partial charge >= 0.3 is 16.3 Å². The van der Waals surface area contributed by atoms with Gasteiger partial charge in [0.1, 0.15) is 6.33 Å². The average Bonchev–Trinajstić information content (AvgIpc) is 2.75. The van der Waals surface area contributed by atoms with Crippen LogP contribution in [0.4, 0.5) is 4.79 Å². The third kappa shape index (κ3) is 2.03. The highest BCUT2D eigenvalue weighted by Crippen LogP contribution is 2.52. The summed E-state index contributed by atoms with van der Waals surface area (Å²) in [6.45, 7) is 7.04. The fourth-order valence-electron chi connectivity index (χ4n) is 3.91. The number of aromatic nitrogens is 2. The summed E-state index contributed by atoms with van der Waals surface area (Å²) < 4.78 is 27.3. The van der Waals surface area contributed by atoms with E-state index in [-0.39, 0.29) is 16.9 Å². The largest absolute Gasteiger partial charge is 0.465 e. The van der Waals surface area contributed by atoms with Gasteiger partial charge in [0, 0.05) is 43.5 Å². The van der Waals surface area contributed by atoms with Gasteiger partial charge in [0.25, 0.3) is 0 Å². The van der Waals surface area contributed by atoms with Crippen LogP contribution in [0, 0.1) is 10.8 Å². The van der Waals surface area contributed by atoms with Crippen LogP contribution in [0.3, 0.4) is 0 Å².